The van der Waals surface area contributed by atoms with Crippen LogP contribution in [0.3, 0.4) is 0 Å². The number of anilines is 2. The van der Waals surface area contributed by atoms with E-state index in [4.69, 9.17) is 16.3 Å². The summed E-state index contributed by atoms with van der Waals surface area (Å²) in [5.41, 5.74) is 2.08. The van der Waals surface area contributed by atoms with Gasteiger partial charge in [-0.05, 0) is 50.3 Å². The predicted molar refractivity (Wildman–Crippen MR) is 103 cm³/mol. The Hall–Kier alpha value is -1.79. The van der Waals surface area contributed by atoms with Gasteiger partial charge in [-0.1, -0.05) is 0 Å². The van der Waals surface area contributed by atoms with Crippen LogP contribution in [0.25, 0.3) is 0 Å². The third kappa shape index (κ3) is 4.89. The fraction of sp³-hybridized carbons (Fsp3) is 0.579. The standard InChI is InChI=1S/C19H26ClN3O3/c20-12-18(24)22-14-6-7-17(23-8-2-1-3-9-23)16(11-14)19(25)21-13-15-5-4-10-26-15/h6-7,11,15H,1-5,8-10,12-13H2,(H,21,25)(H,22,24). The molecule has 0 aliphatic carbocycles. The Morgan fingerprint density at radius 2 is 2.00 bits per heavy atom. The summed E-state index contributed by atoms with van der Waals surface area (Å²) >= 11 is 5.57. The highest BCUT2D eigenvalue weighted by Gasteiger charge is 2.21. The van der Waals surface area contributed by atoms with E-state index in [1.54, 1.807) is 6.07 Å². The van der Waals surface area contributed by atoms with E-state index in [9.17, 15) is 9.59 Å². The van der Waals surface area contributed by atoms with Crippen LogP contribution in [0.1, 0.15) is 42.5 Å². The van der Waals surface area contributed by atoms with Crippen molar-refractivity contribution < 1.29 is 14.3 Å². The maximum Gasteiger partial charge on any atom is 0.253 e. The highest BCUT2D eigenvalue weighted by molar-refractivity contribution is 6.29. The third-order valence-corrected chi connectivity index (χ3v) is 5.10. The topological polar surface area (TPSA) is 70.7 Å². The van der Waals surface area contributed by atoms with Gasteiger partial charge in [0.25, 0.3) is 5.91 Å². The van der Waals surface area contributed by atoms with Gasteiger partial charge in [-0.15, -0.1) is 11.6 Å². The highest BCUT2D eigenvalue weighted by Crippen LogP contribution is 2.27. The van der Waals surface area contributed by atoms with Crippen molar-refractivity contribution in [1.82, 2.24) is 5.32 Å². The van der Waals surface area contributed by atoms with Gasteiger partial charge in [0.05, 0.1) is 11.7 Å². The Kier molecular flexibility index (Phi) is 6.74. The van der Waals surface area contributed by atoms with Crippen LogP contribution in [0.2, 0.25) is 0 Å². The summed E-state index contributed by atoms with van der Waals surface area (Å²) in [5.74, 6) is -0.542. The minimum absolute atomic E-state index is 0.0940. The summed E-state index contributed by atoms with van der Waals surface area (Å²) in [6.45, 7) is 3.16. The molecular formula is C19H26ClN3O3. The zero-order chi connectivity index (χ0) is 18.4. The van der Waals surface area contributed by atoms with Gasteiger partial charge in [0, 0.05) is 37.6 Å². The molecule has 0 spiro atoms. The number of halogens is 1. The number of rotatable bonds is 6. The minimum Gasteiger partial charge on any atom is -0.376 e. The molecule has 7 heteroatoms. The Morgan fingerprint density at radius 1 is 1.19 bits per heavy atom. The van der Waals surface area contributed by atoms with Crippen LogP contribution in [0, 0.1) is 0 Å². The molecule has 2 heterocycles. The van der Waals surface area contributed by atoms with Crippen molar-refractivity contribution in [1.29, 1.82) is 0 Å². The lowest BCUT2D eigenvalue weighted by molar-refractivity contribution is -0.113. The van der Waals surface area contributed by atoms with Gasteiger partial charge in [0.15, 0.2) is 0 Å². The number of benzene rings is 1. The number of carbonyl (C=O) groups excluding carboxylic acids is 2. The van der Waals surface area contributed by atoms with Gasteiger partial charge in [0.2, 0.25) is 5.91 Å². The Labute approximate surface area is 159 Å². The first-order valence-corrected chi connectivity index (χ1v) is 9.85. The molecule has 1 aromatic rings. The molecule has 26 heavy (non-hydrogen) atoms. The van der Waals surface area contributed by atoms with Crippen molar-refractivity contribution in [3.63, 3.8) is 0 Å². The van der Waals surface area contributed by atoms with Crippen molar-refractivity contribution >= 4 is 34.8 Å². The molecule has 2 amide bonds. The lowest BCUT2D eigenvalue weighted by Crippen LogP contribution is -2.35. The summed E-state index contributed by atoms with van der Waals surface area (Å²) in [6, 6.07) is 5.47. The molecule has 2 aliphatic rings. The molecule has 2 saturated heterocycles. The van der Waals surface area contributed by atoms with Gasteiger partial charge >= 0.3 is 0 Å². The number of hydrogen-bond acceptors (Lipinski definition) is 4. The number of ether oxygens (including phenoxy) is 1. The molecule has 2 N–H and O–H groups in total. The summed E-state index contributed by atoms with van der Waals surface area (Å²) in [7, 11) is 0. The maximum atomic E-state index is 12.8. The minimum atomic E-state index is -0.289. The molecule has 6 nitrogen and oxygen atoms in total. The largest absolute Gasteiger partial charge is 0.376 e. The van der Waals surface area contributed by atoms with Gasteiger partial charge in [0.1, 0.15) is 5.88 Å². The lowest BCUT2D eigenvalue weighted by Gasteiger charge is -2.30. The Bertz CT molecular complexity index is 641. The summed E-state index contributed by atoms with van der Waals surface area (Å²) < 4.78 is 5.58. The second-order valence-electron chi connectivity index (χ2n) is 6.81. The van der Waals surface area contributed by atoms with Crippen molar-refractivity contribution in [2.45, 2.75) is 38.2 Å². The number of nitrogens with zero attached hydrogens (tertiary/aromatic N) is 1. The van der Waals surface area contributed by atoms with E-state index in [1.807, 2.05) is 12.1 Å². The molecule has 0 saturated carbocycles. The molecule has 0 radical (unpaired) electrons. The molecule has 3 rings (SSSR count). The molecular weight excluding hydrogens is 354 g/mol. The van der Waals surface area contributed by atoms with Crippen LogP contribution in [-0.2, 0) is 9.53 Å². The number of alkyl halides is 1. The Morgan fingerprint density at radius 3 is 2.69 bits per heavy atom. The van der Waals surface area contributed by atoms with Crippen LogP contribution < -0.4 is 15.5 Å². The Balaban J connectivity index is 1.78. The van der Waals surface area contributed by atoms with Crippen LogP contribution in [0.15, 0.2) is 18.2 Å². The summed E-state index contributed by atoms with van der Waals surface area (Å²) in [5, 5.41) is 5.71. The highest BCUT2D eigenvalue weighted by atomic mass is 35.5. The van der Waals surface area contributed by atoms with Gasteiger partial charge in [-0.25, -0.2) is 0 Å². The molecule has 0 aromatic heterocycles. The number of carbonyl (C=O) groups is 2. The van der Waals surface area contributed by atoms with Crippen molar-refractivity contribution in [3.8, 4) is 0 Å². The number of amides is 2. The van der Waals surface area contributed by atoms with E-state index in [0.717, 1.165) is 51.1 Å². The second-order valence-corrected chi connectivity index (χ2v) is 7.07. The average molecular weight is 380 g/mol. The molecule has 0 bridgehead atoms. The zero-order valence-corrected chi connectivity index (χ0v) is 15.7. The van der Waals surface area contributed by atoms with E-state index >= 15 is 0 Å². The van der Waals surface area contributed by atoms with Gasteiger partial charge in [-0.2, -0.15) is 0 Å². The van der Waals surface area contributed by atoms with Crippen molar-refractivity contribution in [2.75, 3.05) is 42.3 Å². The normalized spacial score (nSPS) is 20.0. The molecule has 2 fully saturated rings. The van der Waals surface area contributed by atoms with E-state index in [1.165, 1.54) is 6.42 Å². The first-order chi connectivity index (χ1) is 12.7. The fourth-order valence-electron chi connectivity index (χ4n) is 3.51. The second kappa shape index (κ2) is 9.24. The average Bonchev–Trinajstić information content (AvgIpc) is 3.20. The van der Waals surface area contributed by atoms with E-state index in [0.29, 0.717) is 17.8 Å². The van der Waals surface area contributed by atoms with Crippen LogP contribution in [-0.4, -0.2) is 50.0 Å². The third-order valence-electron chi connectivity index (χ3n) is 4.86. The van der Waals surface area contributed by atoms with Crippen LogP contribution in [0.5, 0.6) is 0 Å². The smallest absolute Gasteiger partial charge is 0.253 e. The molecule has 1 aromatic carbocycles. The molecule has 1 unspecified atom stereocenters. The maximum absolute atomic E-state index is 12.8. The molecule has 142 valence electrons. The quantitative estimate of drug-likeness (QED) is 0.745. The number of nitrogens with one attached hydrogen (secondary N) is 2. The van der Waals surface area contributed by atoms with Gasteiger partial charge < -0.3 is 20.3 Å². The summed E-state index contributed by atoms with van der Waals surface area (Å²) in [4.78, 5) is 26.7. The molecule has 2 aliphatic heterocycles. The first-order valence-electron chi connectivity index (χ1n) is 9.32. The summed E-state index contributed by atoms with van der Waals surface area (Å²) in [6.07, 6.45) is 5.59. The van der Waals surface area contributed by atoms with E-state index < -0.39 is 0 Å². The zero-order valence-electron chi connectivity index (χ0n) is 14.9. The molecule has 1 atom stereocenters. The fourth-order valence-corrected chi connectivity index (χ4v) is 3.57. The first kappa shape index (κ1) is 19.0. The van der Waals surface area contributed by atoms with E-state index in [-0.39, 0.29) is 23.8 Å². The van der Waals surface area contributed by atoms with Crippen molar-refractivity contribution in [3.05, 3.63) is 23.8 Å². The van der Waals surface area contributed by atoms with Crippen LogP contribution >= 0.6 is 11.6 Å². The monoisotopic (exact) mass is 379 g/mol. The van der Waals surface area contributed by atoms with Crippen molar-refractivity contribution in [2.24, 2.45) is 0 Å². The van der Waals surface area contributed by atoms with Crippen LogP contribution in [0.4, 0.5) is 11.4 Å². The predicted octanol–water partition coefficient (Wildman–Crippen LogP) is 2.76. The SMILES string of the molecule is O=C(CCl)Nc1ccc(N2CCCCC2)c(C(=O)NCC2CCCO2)c1. The lowest BCUT2D eigenvalue weighted by atomic mass is 10.1. The van der Waals surface area contributed by atoms with Gasteiger partial charge in [-0.3, -0.25) is 9.59 Å². The number of piperidine rings is 1. The number of hydrogen-bond donors (Lipinski definition) is 2. The van der Waals surface area contributed by atoms with E-state index in [2.05, 4.69) is 15.5 Å².